The molecule has 0 unspecified atom stereocenters. The summed E-state index contributed by atoms with van der Waals surface area (Å²) in [5.74, 6) is 0.872. The highest BCUT2D eigenvalue weighted by Crippen LogP contribution is 2.17. The zero-order chi connectivity index (χ0) is 11.4. The fraction of sp³-hybridized carbons (Fsp3) is 0.400. The maximum atomic E-state index is 5.86. The van der Waals surface area contributed by atoms with Crippen LogP contribution in [0.15, 0.2) is 23.1 Å². The zero-order valence-corrected chi connectivity index (χ0v) is 9.00. The molecule has 16 heavy (non-hydrogen) atoms. The lowest BCUT2D eigenvalue weighted by molar-refractivity contribution is 0.348. The SMILES string of the molecule is CCC[C@H](N)c1nc(-c2cnccn2)no1. The van der Waals surface area contributed by atoms with Crippen molar-refractivity contribution in [2.24, 2.45) is 5.73 Å². The van der Waals surface area contributed by atoms with Gasteiger partial charge in [0.1, 0.15) is 5.69 Å². The van der Waals surface area contributed by atoms with Crippen LogP contribution in [0, 0.1) is 0 Å². The molecule has 6 heteroatoms. The van der Waals surface area contributed by atoms with Gasteiger partial charge in [0.25, 0.3) is 0 Å². The van der Waals surface area contributed by atoms with E-state index in [2.05, 4.69) is 27.0 Å². The predicted octanol–water partition coefficient (Wildman–Crippen LogP) is 1.33. The smallest absolute Gasteiger partial charge is 0.243 e. The summed E-state index contributed by atoms with van der Waals surface area (Å²) in [5.41, 5.74) is 6.45. The second-order valence-electron chi connectivity index (χ2n) is 3.44. The van der Waals surface area contributed by atoms with Crippen LogP contribution in [-0.2, 0) is 0 Å². The minimum absolute atomic E-state index is 0.206. The van der Waals surface area contributed by atoms with Gasteiger partial charge in [0, 0.05) is 12.4 Å². The van der Waals surface area contributed by atoms with E-state index in [1.807, 2.05) is 0 Å². The van der Waals surface area contributed by atoms with Crippen molar-refractivity contribution in [3.8, 4) is 11.5 Å². The van der Waals surface area contributed by atoms with Crippen LogP contribution in [0.2, 0.25) is 0 Å². The second kappa shape index (κ2) is 4.80. The Morgan fingerprint density at radius 1 is 1.44 bits per heavy atom. The monoisotopic (exact) mass is 219 g/mol. The fourth-order valence-corrected chi connectivity index (χ4v) is 1.34. The van der Waals surface area contributed by atoms with E-state index in [4.69, 9.17) is 10.3 Å². The van der Waals surface area contributed by atoms with E-state index in [1.165, 1.54) is 0 Å². The maximum Gasteiger partial charge on any atom is 0.243 e. The maximum absolute atomic E-state index is 5.86. The lowest BCUT2D eigenvalue weighted by Crippen LogP contribution is -2.09. The van der Waals surface area contributed by atoms with Gasteiger partial charge in [-0.2, -0.15) is 4.98 Å². The molecule has 1 atom stereocenters. The summed E-state index contributed by atoms with van der Waals surface area (Å²) in [6, 6.07) is -0.206. The Bertz CT molecular complexity index is 441. The molecule has 2 heterocycles. The highest BCUT2D eigenvalue weighted by molar-refractivity contribution is 5.45. The molecule has 0 aliphatic carbocycles. The van der Waals surface area contributed by atoms with Crippen LogP contribution >= 0.6 is 0 Å². The molecule has 0 spiro atoms. The van der Waals surface area contributed by atoms with Gasteiger partial charge in [0.05, 0.1) is 12.2 Å². The van der Waals surface area contributed by atoms with E-state index in [1.54, 1.807) is 18.6 Å². The van der Waals surface area contributed by atoms with E-state index in [9.17, 15) is 0 Å². The first kappa shape index (κ1) is 10.7. The molecular formula is C10H13N5O. The Morgan fingerprint density at radius 3 is 3.00 bits per heavy atom. The average Bonchev–Trinajstić information content (AvgIpc) is 2.80. The van der Waals surface area contributed by atoms with Crippen LogP contribution in [0.25, 0.3) is 11.5 Å². The van der Waals surface area contributed by atoms with Crippen molar-refractivity contribution in [1.82, 2.24) is 20.1 Å². The van der Waals surface area contributed by atoms with E-state index < -0.39 is 0 Å². The standard InChI is InChI=1S/C10H13N5O/c1-2-3-7(11)10-14-9(15-16-10)8-6-12-4-5-13-8/h4-7H,2-3,11H2,1H3/t7-/m0/s1. The molecule has 0 radical (unpaired) electrons. The predicted molar refractivity (Wildman–Crippen MR) is 57.2 cm³/mol. The van der Waals surface area contributed by atoms with Crippen molar-refractivity contribution in [2.45, 2.75) is 25.8 Å². The van der Waals surface area contributed by atoms with Crippen LogP contribution in [0.5, 0.6) is 0 Å². The molecular weight excluding hydrogens is 206 g/mol. The van der Waals surface area contributed by atoms with Gasteiger partial charge in [0.2, 0.25) is 11.7 Å². The number of rotatable bonds is 4. The largest absolute Gasteiger partial charge is 0.337 e. The molecule has 0 aliphatic rings. The van der Waals surface area contributed by atoms with Gasteiger partial charge in [-0.25, -0.2) is 4.98 Å². The number of hydrogen-bond acceptors (Lipinski definition) is 6. The summed E-state index contributed by atoms with van der Waals surface area (Å²) in [6.07, 6.45) is 6.55. The topological polar surface area (TPSA) is 90.7 Å². The molecule has 0 amide bonds. The molecule has 2 rings (SSSR count). The first-order valence-electron chi connectivity index (χ1n) is 5.17. The third-order valence-electron chi connectivity index (χ3n) is 2.15. The molecule has 0 fully saturated rings. The van der Waals surface area contributed by atoms with Crippen molar-refractivity contribution in [3.63, 3.8) is 0 Å². The van der Waals surface area contributed by atoms with Crippen molar-refractivity contribution >= 4 is 0 Å². The molecule has 0 aliphatic heterocycles. The van der Waals surface area contributed by atoms with Crippen LogP contribution in [-0.4, -0.2) is 20.1 Å². The van der Waals surface area contributed by atoms with Crippen molar-refractivity contribution in [3.05, 3.63) is 24.5 Å². The first-order valence-corrected chi connectivity index (χ1v) is 5.17. The van der Waals surface area contributed by atoms with Crippen LogP contribution < -0.4 is 5.73 Å². The molecule has 0 saturated heterocycles. The molecule has 2 aromatic rings. The van der Waals surface area contributed by atoms with E-state index >= 15 is 0 Å². The van der Waals surface area contributed by atoms with Gasteiger partial charge >= 0.3 is 0 Å². The highest BCUT2D eigenvalue weighted by atomic mass is 16.5. The Morgan fingerprint density at radius 2 is 2.31 bits per heavy atom. The second-order valence-corrected chi connectivity index (χ2v) is 3.44. The van der Waals surface area contributed by atoms with Crippen molar-refractivity contribution in [2.75, 3.05) is 0 Å². The number of hydrogen-bond donors (Lipinski definition) is 1. The third kappa shape index (κ3) is 2.22. The average molecular weight is 219 g/mol. The number of nitrogens with zero attached hydrogens (tertiary/aromatic N) is 4. The highest BCUT2D eigenvalue weighted by Gasteiger charge is 2.15. The Hall–Kier alpha value is -1.82. The first-order chi connectivity index (χ1) is 7.81. The minimum Gasteiger partial charge on any atom is -0.337 e. The summed E-state index contributed by atoms with van der Waals surface area (Å²) in [6.45, 7) is 2.06. The zero-order valence-electron chi connectivity index (χ0n) is 9.00. The van der Waals surface area contributed by atoms with Gasteiger partial charge < -0.3 is 10.3 Å². The minimum atomic E-state index is -0.206. The third-order valence-corrected chi connectivity index (χ3v) is 2.15. The van der Waals surface area contributed by atoms with Gasteiger partial charge in [-0.05, 0) is 6.42 Å². The Balaban J connectivity index is 2.20. The summed E-state index contributed by atoms with van der Waals surface area (Å²) in [4.78, 5) is 12.2. The Labute approximate surface area is 92.9 Å². The molecule has 0 aromatic carbocycles. The summed E-state index contributed by atoms with van der Waals surface area (Å²) in [5, 5.41) is 3.82. The summed E-state index contributed by atoms with van der Waals surface area (Å²) < 4.78 is 5.08. The van der Waals surface area contributed by atoms with E-state index in [0.717, 1.165) is 12.8 Å². The molecule has 6 nitrogen and oxygen atoms in total. The van der Waals surface area contributed by atoms with Gasteiger partial charge in [-0.15, -0.1) is 0 Å². The van der Waals surface area contributed by atoms with Crippen LogP contribution in [0.1, 0.15) is 31.7 Å². The van der Waals surface area contributed by atoms with E-state index in [-0.39, 0.29) is 6.04 Å². The van der Waals surface area contributed by atoms with Crippen molar-refractivity contribution < 1.29 is 4.52 Å². The van der Waals surface area contributed by atoms with Crippen molar-refractivity contribution in [1.29, 1.82) is 0 Å². The van der Waals surface area contributed by atoms with Crippen LogP contribution in [0.3, 0.4) is 0 Å². The normalized spacial score (nSPS) is 12.6. The number of aromatic nitrogens is 4. The quantitative estimate of drug-likeness (QED) is 0.834. The fourth-order valence-electron chi connectivity index (χ4n) is 1.34. The van der Waals surface area contributed by atoms with Crippen LogP contribution in [0.4, 0.5) is 0 Å². The number of nitrogens with two attached hydrogens (primary N) is 1. The lowest BCUT2D eigenvalue weighted by atomic mass is 10.2. The molecule has 84 valence electrons. The Kier molecular flexibility index (Phi) is 3.21. The van der Waals surface area contributed by atoms with E-state index in [0.29, 0.717) is 17.4 Å². The summed E-state index contributed by atoms with van der Waals surface area (Å²) >= 11 is 0. The van der Waals surface area contributed by atoms with Gasteiger partial charge in [-0.1, -0.05) is 18.5 Å². The summed E-state index contributed by atoms with van der Waals surface area (Å²) in [7, 11) is 0. The van der Waals surface area contributed by atoms with Gasteiger partial charge in [-0.3, -0.25) is 4.98 Å². The molecule has 0 bridgehead atoms. The molecule has 2 aromatic heterocycles. The van der Waals surface area contributed by atoms with Gasteiger partial charge in [0.15, 0.2) is 0 Å². The molecule has 0 saturated carbocycles. The lowest BCUT2D eigenvalue weighted by Gasteiger charge is -2.01. The molecule has 2 N–H and O–H groups in total.